The zero-order valence-electron chi connectivity index (χ0n) is 17.0. The van der Waals surface area contributed by atoms with E-state index in [2.05, 4.69) is 47.7 Å². The Morgan fingerprint density at radius 3 is 2.55 bits per heavy atom. The Morgan fingerprint density at radius 1 is 1.03 bits per heavy atom. The molecule has 0 bridgehead atoms. The van der Waals surface area contributed by atoms with Crippen molar-refractivity contribution in [2.75, 3.05) is 5.32 Å². The van der Waals surface area contributed by atoms with Gasteiger partial charge >= 0.3 is 0 Å². The van der Waals surface area contributed by atoms with Crippen molar-refractivity contribution in [3.8, 4) is 5.75 Å². The van der Waals surface area contributed by atoms with E-state index in [1.807, 2.05) is 79.7 Å². The number of hydrogen-bond acceptors (Lipinski definition) is 4. The van der Waals surface area contributed by atoms with E-state index in [1.54, 1.807) is 6.21 Å². The standard InChI is InChI=1S/C24H23Br2N3O2/c1-2-22(28-21-8-5-7-20(26)14-21)24(30)29-27-15-18-6-3-4-9-23(18)31-16-17-10-12-19(25)13-11-17/h3-15,22,28H,2,16H2,1H3,(H,29,30). The molecular formula is C24H23Br2N3O2. The second kappa shape index (κ2) is 11.7. The van der Waals surface area contributed by atoms with Crippen LogP contribution in [0.2, 0.25) is 0 Å². The lowest BCUT2D eigenvalue weighted by molar-refractivity contribution is -0.121. The Morgan fingerprint density at radius 2 is 1.81 bits per heavy atom. The average molecular weight is 545 g/mol. The van der Waals surface area contributed by atoms with Gasteiger partial charge in [-0.3, -0.25) is 4.79 Å². The molecule has 2 N–H and O–H groups in total. The summed E-state index contributed by atoms with van der Waals surface area (Å²) in [4.78, 5) is 12.5. The second-order valence-electron chi connectivity index (χ2n) is 6.80. The predicted octanol–water partition coefficient (Wildman–Crippen LogP) is 6.13. The molecule has 1 amide bonds. The first kappa shape index (κ1) is 23.0. The Hall–Kier alpha value is -2.64. The van der Waals surface area contributed by atoms with Crippen molar-refractivity contribution < 1.29 is 9.53 Å². The van der Waals surface area contributed by atoms with Crippen molar-refractivity contribution in [1.29, 1.82) is 0 Å². The fraction of sp³-hybridized carbons (Fsp3) is 0.167. The van der Waals surface area contributed by atoms with Crippen LogP contribution in [0.1, 0.15) is 24.5 Å². The highest BCUT2D eigenvalue weighted by atomic mass is 79.9. The molecule has 0 aliphatic heterocycles. The summed E-state index contributed by atoms with van der Waals surface area (Å²) in [6.07, 6.45) is 2.22. The maximum atomic E-state index is 12.5. The number of benzene rings is 3. The number of hydrazone groups is 1. The smallest absolute Gasteiger partial charge is 0.262 e. The predicted molar refractivity (Wildman–Crippen MR) is 132 cm³/mol. The number of anilines is 1. The van der Waals surface area contributed by atoms with E-state index in [0.29, 0.717) is 18.8 Å². The molecule has 0 fully saturated rings. The molecule has 160 valence electrons. The summed E-state index contributed by atoms with van der Waals surface area (Å²) in [6, 6.07) is 22.9. The molecule has 3 aromatic carbocycles. The largest absolute Gasteiger partial charge is 0.488 e. The van der Waals surface area contributed by atoms with Gasteiger partial charge in [0.25, 0.3) is 5.91 Å². The van der Waals surface area contributed by atoms with Gasteiger partial charge in [-0.25, -0.2) is 5.43 Å². The molecule has 0 aliphatic carbocycles. The molecule has 0 spiro atoms. The third kappa shape index (κ3) is 7.22. The molecule has 0 saturated carbocycles. The highest BCUT2D eigenvalue weighted by molar-refractivity contribution is 9.10. The molecule has 0 aliphatic rings. The summed E-state index contributed by atoms with van der Waals surface area (Å²) >= 11 is 6.87. The van der Waals surface area contributed by atoms with Crippen LogP contribution in [-0.4, -0.2) is 18.2 Å². The number of carbonyl (C=O) groups is 1. The van der Waals surface area contributed by atoms with Gasteiger partial charge in [0.15, 0.2) is 0 Å². The Balaban J connectivity index is 1.59. The highest BCUT2D eigenvalue weighted by Crippen LogP contribution is 2.19. The van der Waals surface area contributed by atoms with Gasteiger partial charge in [0.05, 0.1) is 6.21 Å². The number of amides is 1. The fourth-order valence-corrected chi connectivity index (χ4v) is 3.50. The summed E-state index contributed by atoms with van der Waals surface area (Å²) in [5.41, 5.74) is 5.34. The van der Waals surface area contributed by atoms with E-state index in [1.165, 1.54) is 0 Å². The monoisotopic (exact) mass is 543 g/mol. The number of ether oxygens (including phenoxy) is 1. The zero-order valence-corrected chi connectivity index (χ0v) is 20.2. The lowest BCUT2D eigenvalue weighted by atomic mass is 10.2. The number of carbonyl (C=O) groups excluding carboxylic acids is 1. The summed E-state index contributed by atoms with van der Waals surface area (Å²) in [5, 5.41) is 7.36. The van der Waals surface area contributed by atoms with Crippen molar-refractivity contribution in [1.82, 2.24) is 5.43 Å². The second-order valence-corrected chi connectivity index (χ2v) is 8.63. The van der Waals surface area contributed by atoms with Gasteiger partial charge in [0.2, 0.25) is 0 Å². The lowest BCUT2D eigenvalue weighted by Gasteiger charge is -2.16. The molecule has 0 radical (unpaired) electrons. The van der Waals surface area contributed by atoms with E-state index in [0.717, 1.165) is 25.8 Å². The quantitative estimate of drug-likeness (QED) is 0.251. The molecule has 0 aromatic heterocycles. The summed E-state index contributed by atoms with van der Waals surface area (Å²) < 4.78 is 7.92. The minimum absolute atomic E-state index is 0.202. The normalized spacial score (nSPS) is 11.8. The van der Waals surface area contributed by atoms with Crippen LogP contribution in [0.15, 0.2) is 86.8 Å². The molecular weight excluding hydrogens is 522 g/mol. The number of nitrogens with zero attached hydrogens (tertiary/aromatic N) is 1. The SMILES string of the molecule is CCC(Nc1cccc(Br)c1)C(=O)NN=Cc1ccccc1OCc1ccc(Br)cc1. The lowest BCUT2D eigenvalue weighted by Crippen LogP contribution is -2.36. The van der Waals surface area contributed by atoms with Gasteiger partial charge in [-0.15, -0.1) is 0 Å². The molecule has 0 heterocycles. The first-order valence-electron chi connectivity index (χ1n) is 9.86. The van der Waals surface area contributed by atoms with Crippen LogP contribution in [-0.2, 0) is 11.4 Å². The third-order valence-electron chi connectivity index (χ3n) is 4.50. The Bertz CT molecular complexity index is 1040. The van der Waals surface area contributed by atoms with Crippen LogP contribution in [0.25, 0.3) is 0 Å². The summed E-state index contributed by atoms with van der Waals surface area (Å²) in [7, 11) is 0. The highest BCUT2D eigenvalue weighted by Gasteiger charge is 2.15. The fourth-order valence-electron chi connectivity index (χ4n) is 2.84. The Kier molecular flexibility index (Phi) is 8.67. The molecule has 0 saturated heterocycles. The average Bonchev–Trinajstić information content (AvgIpc) is 2.78. The number of halogens is 2. The molecule has 7 heteroatoms. The number of nitrogens with one attached hydrogen (secondary N) is 2. The van der Waals surface area contributed by atoms with Crippen molar-refractivity contribution in [2.45, 2.75) is 26.0 Å². The van der Waals surface area contributed by atoms with Crippen LogP contribution in [0, 0.1) is 0 Å². The van der Waals surface area contributed by atoms with Gasteiger partial charge in [-0.1, -0.05) is 69.1 Å². The van der Waals surface area contributed by atoms with Crippen LogP contribution in [0.5, 0.6) is 5.75 Å². The van der Waals surface area contributed by atoms with E-state index >= 15 is 0 Å². The van der Waals surface area contributed by atoms with Crippen LogP contribution in [0.3, 0.4) is 0 Å². The maximum absolute atomic E-state index is 12.5. The minimum Gasteiger partial charge on any atom is -0.488 e. The Labute approximate surface area is 199 Å². The van der Waals surface area contributed by atoms with Gasteiger partial charge in [0.1, 0.15) is 18.4 Å². The number of para-hydroxylation sites is 1. The van der Waals surface area contributed by atoms with Crippen molar-refractivity contribution in [2.24, 2.45) is 5.10 Å². The molecule has 1 atom stereocenters. The van der Waals surface area contributed by atoms with E-state index in [4.69, 9.17) is 4.74 Å². The molecule has 3 rings (SSSR count). The van der Waals surface area contributed by atoms with Gasteiger partial charge < -0.3 is 10.1 Å². The molecule has 5 nitrogen and oxygen atoms in total. The van der Waals surface area contributed by atoms with Gasteiger partial charge in [0, 0.05) is 20.2 Å². The topological polar surface area (TPSA) is 62.7 Å². The van der Waals surface area contributed by atoms with E-state index < -0.39 is 6.04 Å². The summed E-state index contributed by atoms with van der Waals surface area (Å²) in [5.74, 6) is 0.495. The van der Waals surface area contributed by atoms with E-state index in [-0.39, 0.29) is 5.91 Å². The first-order chi connectivity index (χ1) is 15.0. The molecule has 1 unspecified atom stereocenters. The van der Waals surface area contributed by atoms with Crippen molar-refractivity contribution in [3.63, 3.8) is 0 Å². The van der Waals surface area contributed by atoms with Crippen molar-refractivity contribution in [3.05, 3.63) is 92.9 Å². The number of rotatable bonds is 9. The van der Waals surface area contributed by atoms with Crippen molar-refractivity contribution >= 4 is 49.7 Å². The molecule has 3 aromatic rings. The van der Waals surface area contributed by atoms with E-state index in [9.17, 15) is 4.79 Å². The first-order valence-corrected chi connectivity index (χ1v) is 11.4. The molecule has 31 heavy (non-hydrogen) atoms. The zero-order chi connectivity index (χ0) is 22.1. The maximum Gasteiger partial charge on any atom is 0.262 e. The minimum atomic E-state index is -0.393. The third-order valence-corrected chi connectivity index (χ3v) is 5.52. The van der Waals surface area contributed by atoms with Gasteiger partial charge in [-0.2, -0.15) is 5.10 Å². The van der Waals surface area contributed by atoms with Crippen LogP contribution >= 0.6 is 31.9 Å². The van der Waals surface area contributed by atoms with Gasteiger partial charge in [-0.05, 0) is 54.4 Å². The van der Waals surface area contributed by atoms with Crippen LogP contribution in [0.4, 0.5) is 5.69 Å². The number of hydrogen-bond donors (Lipinski definition) is 2. The summed E-state index contributed by atoms with van der Waals surface area (Å²) in [6.45, 7) is 2.39. The van der Waals surface area contributed by atoms with Crippen LogP contribution < -0.4 is 15.5 Å².